The molecule has 0 radical (unpaired) electrons. The van der Waals surface area contributed by atoms with E-state index in [0.29, 0.717) is 0 Å². The minimum atomic E-state index is -3.44. The Bertz CT molecular complexity index is 360. The summed E-state index contributed by atoms with van der Waals surface area (Å²) in [5, 5.41) is 2.54. The molecule has 0 aromatic rings. The number of hydrogen-bond acceptors (Lipinski definition) is 7. The topological polar surface area (TPSA) is 120 Å². The molecule has 0 bridgehead atoms. The van der Waals surface area contributed by atoms with E-state index in [9.17, 15) is 14.5 Å². The van der Waals surface area contributed by atoms with Crippen LogP contribution in [0.25, 0.3) is 0 Å². The molecule has 1 heterocycles. The summed E-state index contributed by atoms with van der Waals surface area (Å²) >= 11 is 0. The molecule has 1 rings (SSSR count). The van der Waals surface area contributed by atoms with Crippen molar-refractivity contribution in [1.29, 1.82) is 0 Å². The van der Waals surface area contributed by atoms with Crippen molar-refractivity contribution in [1.82, 2.24) is 5.32 Å². The number of carbonyl (C=O) groups excluding carboxylic acids is 2. The smallest absolute Gasteiger partial charge is 0.469 e. The predicted octanol–water partition coefficient (Wildman–Crippen LogP) is -0.264. The molecule has 1 aliphatic heterocycles. The van der Waals surface area contributed by atoms with Crippen molar-refractivity contribution in [3.05, 3.63) is 0 Å². The number of rotatable bonds is 4. The Morgan fingerprint density at radius 3 is 2.79 bits per heavy atom. The van der Waals surface area contributed by atoms with Gasteiger partial charge in [0.05, 0.1) is 13.5 Å². The molecule has 0 aromatic heterocycles. The quantitative estimate of drug-likeness (QED) is 0.482. The van der Waals surface area contributed by atoms with Gasteiger partial charge >= 0.3 is 14.1 Å². The van der Waals surface area contributed by atoms with Gasteiger partial charge in [0.1, 0.15) is 6.61 Å². The first-order chi connectivity index (χ1) is 8.68. The Labute approximate surface area is 112 Å². The maximum atomic E-state index is 12.0. The molecule has 0 aromatic carbocycles. The van der Waals surface area contributed by atoms with Crippen molar-refractivity contribution in [2.24, 2.45) is 10.9 Å². The molecule has 19 heavy (non-hydrogen) atoms. The lowest BCUT2D eigenvalue weighted by molar-refractivity contribution is -0.142. The van der Waals surface area contributed by atoms with Crippen molar-refractivity contribution >= 4 is 20.0 Å². The lowest BCUT2D eigenvalue weighted by atomic mass is 9.87. The van der Waals surface area contributed by atoms with Crippen molar-refractivity contribution in [2.45, 2.75) is 26.4 Å². The molecule has 1 fully saturated rings. The van der Waals surface area contributed by atoms with E-state index in [2.05, 4.69) is 10.1 Å². The van der Waals surface area contributed by atoms with Crippen LogP contribution in [0.5, 0.6) is 0 Å². The summed E-state index contributed by atoms with van der Waals surface area (Å²) in [6, 6.07) is 0. The minimum absolute atomic E-state index is 0.0634. The van der Waals surface area contributed by atoms with Gasteiger partial charge in [0, 0.05) is 12.0 Å². The first-order valence-corrected chi connectivity index (χ1v) is 7.40. The molecule has 0 aliphatic carbocycles. The maximum Gasteiger partial charge on any atom is 0.497 e. The van der Waals surface area contributed by atoms with Crippen LogP contribution in [-0.2, 0) is 23.4 Å². The first-order valence-electron chi connectivity index (χ1n) is 5.76. The van der Waals surface area contributed by atoms with Gasteiger partial charge in [-0.1, -0.05) is 13.8 Å². The van der Waals surface area contributed by atoms with Crippen LogP contribution in [0, 0.1) is 5.41 Å². The van der Waals surface area contributed by atoms with Crippen molar-refractivity contribution in [3.8, 4) is 0 Å². The largest absolute Gasteiger partial charge is 0.497 e. The number of amides is 1. The minimum Gasteiger partial charge on any atom is -0.469 e. The van der Waals surface area contributed by atoms with Crippen LogP contribution >= 0.6 is 8.09 Å². The van der Waals surface area contributed by atoms with E-state index in [1.54, 1.807) is 13.8 Å². The molecule has 1 aliphatic rings. The number of esters is 1. The molecule has 8 nitrogen and oxygen atoms in total. The van der Waals surface area contributed by atoms with Crippen LogP contribution in [0.1, 0.15) is 20.3 Å². The van der Waals surface area contributed by atoms with E-state index < -0.39 is 31.5 Å². The fourth-order valence-electron chi connectivity index (χ4n) is 1.54. The second-order valence-corrected chi connectivity index (χ2v) is 6.53. The van der Waals surface area contributed by atoms with Crippen LogP contribution in [0.4, 0.5) is 0 Å². The highest BCUT2D eigenvalue weighted by atomic mass is 31.2. The fraction of sp³-hybridized carbons (Fsp3) is 0.800. The van der Waals surface area contributed by atoms with E-state index in [1.807, 2.05) is 0 Å². The zero-order chi connectivity index (χ0) is 14.7. The molecule has 2 atom stereocenters. The zero-order valence-corrected chi connectivity index (χ0v) is 12.1. The summed E-state index contributed by atoms with van der Waals surface area (Å²) in [7, 11) is -2.16. The molecular formula is C10H20N2O6P+. The van der Waals surface area contributed by atoms with Crippen molar-refractivity contribution in [2.75, 3.05) is 20.3 Å². The highest BCUT2D eigenvalue weighted by Crippen LogP contribution is 2.56. The first kappa shape index (κ1) is 16.3. The lowest BCUT2D eigenvalue weighted by Crippen LogP contribution is -2.51. The molecule has 1 saturated heterocycles. The summed E-state index contributed by atoms with van der Waals surface area (Å²) in [6.07, 6.45) is -0.865. The van der Waals surface area contributed by atoms with E-state index in [1.165, 1.54) is 7.11 Å². The Balaban J connectivity index is 2.55. The third-order valence-corrected chi connectivity index (χ3v) is 3.69. The van der Waals surface area contributed by atoms with Gasteiger partial charge in [0.2, 0.25) is 0 Å². The molecule has 4 N–H and O–H groups in total. The predicted molar refractivity (Wildman–Crippen MR) is 67.6 cm³/mol. The molecule has 1 amide bonds. The maximum absolute atomic E-state index is 12.0. The van der Waals surface area contributed by atoms with Crippen molar-refractivity contribution in [3.63, 3.8) is 0 Å². The van der Waals surface area contributed by atoms with Gasteiger partial charge in [-0.25, -0.2) is 0 Å². The van der Waals surface area contributed by atoms with Crippen LogP contribution < -0.4 is 10.8 Å². The summed E-state index contributed by atoms with van der Waals surface area (Å²) in [5.41, 5.74) is 4.77. The molecule has 0 saturated carbocycles. The standard InChI is InChI=1S/C10H19N2O6P/c1-10(2)6-17-19(11,15)18-8(10)9(14)12-5-4-7(13)16-3/h8,15H,4-6,11H2,1-3H3/p+1/t8-,19?/m0/s1. The van der Waals surface area contributed by atoms with Crippen LogP contribution in [0.15, 0.2) is 0 Å². The van der Waals surface area contributed by atoms with E-state index in [4.69, 9.17) is 14.6 Å². The second-order valence-electron chi connectivity index (χ2n) is 4.93. The third kappa shape index (κ3) is 4.67. The zero-order valence-electron chi connectivity index (χ0n) is 11.2. The number of nitrogens with one attached hydrogen (secondary N) is 1. The third-order valence-electron chi connectivity index (χ3n) is 2.68. The van der Waals surface area contributed by atoms with E-state index in [-0.39, 0.29) is 19.6 Å². The highest BCUT2D eigenvalue weighted by molar-refractivity contribution is 7.58. The SMILES string of the molecule is COC(=O)CCNC(=O)[C@@H]1O[P+](N)(O)OCC1(C)C. The average Bonchev–Trinajstić information content (AvgIpc) is 2.32. The summed E-state index contributed by atoms with van der Waals surface area (Å²) in [5.74, 6) is -0.864. The van der Waals surface area contributed by atoms with Gasteiger partial charge in [-0.2, -0.15) is 9.42 Å². The van der Waals surface area contributed by atoms with Crippen LogP contribution in [0.2, 0.25) is 0 Å². The Morgan fingerprint density at radius 2 is 2.21 bits per heavy atom. The summed E-state index contributed by atoms with van der Waals surface area (Å²) in [6.45, 7) is 3.76. The number of carbonyl (C=O) groups is 2. The Hall–Kier alpha value is -0.790. The number of ether oxygens (including phenoxy) is 1. The number of methoxy groups -OCH3 is 1. The van der Waals surface area contributed by atoms with E-state index in [0.717, 1.165) is 0 Å². The van der Waals surface area contributed by atoms with E-state index >= 15 is 0 Å². The molecule has 9 heteroatoms. The van der Waals surface area contributed by atoms with Crippen LogP contribution in [-0.4, -0.2) is 43.1 Å². The monoisotopic (exact) mass is 295 g/mol. The fourth-order valence-corrected chi connectivity index (χ4v) is 2.81. The lowest BCUT2D eigenvalue weighted by Gasteiger charge is -2.35. The highest BCUT2D eigenvalue weighted by Gasteiger charge is 2.55. The molecular weight excluding hydrogens is 275 g/mol. The number of nitrogens with two attached hydrogens (primary N) is 1. The molecule has 0 spiro atoms. The van der Waals surface area contributed by atoms with Gasteiger partial charge in [0.15, 0.2) is 6.10 Å². The Morgan fingerprint density at radius 1 is 1.58 bits per heavy atom. The van der Waals surface area contributed by atoms with Gasteiger partial charge in [0.25, 0.3) is 5.91 Å². The summed E-state index contributed by atoms with van der Waals surface area (Å²) < 4.78 is 14.6. The normalized spacial score (nSPS) is 29.6. The van der Waals surface area contributed by atoms with Gasteiger partial charge < -0.3 is 10.1 Å². The summed E-state index contributed by atoms with van der Waals surface area (Å²) in [4.78, 5) is 32.5. The molecule has 1 unspecified atom stereocenters. The van der Waals surface area contributed by atoms with Gasteiger partial charge in [-0.05, 0) is 0 Å². The van der Waals surface area contributed by atoms with Gasteiger partial charge in [-0.3, -0.25) is 9.59 Å². The van der Waals surface area contributed by atoms with Crippen LogP contribution in [0.3, 0.4) is 0 Å². The second kappa shape index (κ2) is 6.11. The van der Waals surface area contributed by atoms with Gasteiger partial charge in [-0.15, -0.1) is 10.0 Å². The average molecular weight is 295 g/mol. The van der Waals surface area contributed by atoms with Crippen molar-refractivity contribution < 1.29 is 28.3 Å². The molecule has 110 valence electrons. The number of hydrogen-bond donors (Lipinski definition) is 3. The Kier molecular flexibility index (Phi) is 5.23.